The van der Waals surface area contributed by atoms with Crippen LogP contribution in [0.1, 0.15) is 18.5 Å². The molecule has 7 heteroatoms. The average molecular weight is 293 g/mol. The Morgan fingerprint density at radius 3 is 2.81 bits per heavy atom. The second kappa shape index (κ2) is 7.58. The van der Waals surface area contributed by atoms with Gasteiger partial charge in [0.05, 0.1) is 30.6 Å². The SMILES string of the molecule is O=C(O)Cc1ccc(NC(=O)NCCOCC2CC2)cn1. The smallest absolute Gasteiger partial charge is 0.319 e. The number of carbonyl (C=O) groups excluding carboxylic acids is 1. The van der Waals surface area contributed by atoms with E-state index in [0.29, 0.717) is 30.5 Å². The molecule has 1 saturated carbocycles. The van der Waals surface area contributed by atoms with Gasteiger partial charge in [0.2, 0.25) is 0 Å². The number of nitrogens with one attached hydrogen (secondary N) is 2. The van der Waals surface area contributed by atoms with Gasteiger partial charge in [0.15, 0.2) is 0 Å². The molecule has 1 aliphatic carbocycles. The number of carboxylic acids is 1. The third-order valence-electron chi connectivity index (χ3n) is 3.00. The molecular weight excluding hydrogens is 274 g/mol. The Labute approximate surface area is 122 Å². The molecule has 2 rings (SSSR count). The van der Waals surface area contributed by atoms with Crippen LogP contribution in [-0.4, -0.2) is 41.8 Å². The van der Waals surface area contributed by atoms with Gasteiger partial charge in [-0.25, -0.2) is 4.79 Å². The molecule has 0 aromatic carbocycles. The maximum Gasteiger partial charge on any atom is 0.319 e. The van der Waals surface area contributed by atoms with E-state index in [1.807, 2.05) is 0 Å². The summed E-state index contributed by atoms with van der Waals surface area (Å²) in [4.78, 5) is 26.1. The first-order chi connectivity index (χ1) is 10.1. The van der Waals surface area contributed by atoms with Crippen molar-refractivity contribution in [3.8, 4) is 0 Å². The monoisotopic (exact) mass is 293 g/mol. The number of urea groups is 1. The third kappa shape index (κ3) is 6.22. The molecule has 0 saturated heterocycles. The molecule has 2 amide bonds. The number of pyridine rings is 1. The Morgan fingerprint density at radius 2 is 2.19 bits per heavy atom. The fourth-order valence-corrected chi connectivity index (χ4v) is 1.70. The molecule has 1 aliphatic rings. The maximum absolute atomic E-state index is 11.6. The van der Waals surface area contributed by atoms with E-state index in [1.54, 1.807) is 12.1 Å². The second-order valence-corrected chi connectivity index (χ2v) is 5.01. The number of anilines is 1. The summed E-state index contributed by atoms with van der Waals surface area (Å²) < 4.78 is 5.40. The van der Waals surface area contributed by atoms with E-state index in [9.17, 15) is 9.59 Å². The molecule has 7 nitrogen and oxygen atoms in total. The normalized spacial score (nSPS) is 13.7. The lowest BCUT2D eigenvalue weighted by molar-refractivity contribution is -0.136. The van der Waals surface area contributed by atoms with E-state index in [4.69, 9.17) is 9.84 Å². The first-order valence-electron chi connectivity index (χ1n) is 6.93. The molecule has 1 aromatic heterocycles. The van der Waals surface area contributed by atoms with Gasteiger partial charge in [-0.3, -0.25) is 9.78 Å². The zero-order valence-corrected chi connectivity index (χ0v) is 11.7. The van der Waals surface area contributed by atoms with Gasteiger partial charge in [0, 0.05) is 13.2 Å². The summed E-state index contributed by atoms with van der Waals surface area (Å²) >= 11 is 0. The number of carbonyl (C=O) groups is 2. The van der Waals surface area contributed by atoms with Gasteiger partial charge in [-0.2, -0.15) is 0 Å². The summed E-state index contributed by atoms with van der Waals surface area (Å²) in [6, 6.07) is 2.86. The summed E-state index contributed by atoms with van der Waals surface area (Å²) in [5.74, 6) is -0.221. The largest absolute Gasteiger partial charge is 0.481 e. The number of aromatic nitrogens is 1. The summed E-state index contributed by atoms with van der Waals surface area (Å²) in [6.45, 7) is 1.72. The minimum Gasteiger partial charge on any atom is -0.481 e. The summed E-state index contributed by atoms with van der Waals surface area (Å²) in [7, 11) is 0. The molecule has 21 heavy (non-hydrogen) atoms. The van der Waals surface area contributed by atoms with Crippen molar-refractivity contribution < 1.29 is 19.4 Å². The van der Waals surface area contributed by atoms with Crippen molar-refractivity contribution in [1.82, 2.24) is 10.3 Å². The lowest BCUT2D eigenvalue weighted by Crippen LogP contribution is -2.31. The van der Waals surface area contributed by atoms with Crippen LogP contribution in [0.25, 0.3) is 0 Å². The Morgan fingerprint density at radius 1 is 1.38 bits per heavy atom. The molecule has 0 atom stereocenters. The van der Waals surface area contributed by atoms with Crippen LogP contribution in [0.3, 0.4) is 0 Å². The predicted octanol–water partition coefficient (Wildman–Crippen LogP) is 1.26. The molecule has 0 unspecified atom stereocenters. The molecule has 0 aliphatic heterocycles. The summed E-state index contributed by atoms with van der Waals surface area (Å²) in [5.41, 5.74) is 0.961. The number of carboxylic acid groups (broad SMARTS) is 1. The molecule has 3 N–H and O–H groups in total. The van der Waals surface area contributed by atoms with Crippen molar-refractivity contribution in [2.75, 3.05) is 25.1 Å². The first kappa shape index (κ1) is 15.2. The Balaban J connectivity index is 1.63. The number of hydrogen-bond donors (Lipinski definition) is 3. The second-order valence-electron chi connectivity index (χ2n) is 5.01. The number of aliphatic carboxylic acids is 1. The van der Waals surface area contributed by atoms with E-state index in [1.165, 1.54) is 19.0 Å². The average Bonchev–Trinajstić information content (AvgIpc) is 3.24. The molecule has 0 radical (unpaired) electrons. The van der Waals surface area contributed by atoms with Crippen LogP contribution in [0.4, 0.5) is 10.5 Å². The van der Waals surface area contributed by atoms with Crippen molar-refractivity contribution in [2.45, 2.75) is 19.3 Å². The van der Waals surface area contributed by atoms with Crippen molar-refractivity contribution in [2.24, 2.45) is 5.92 Å². The molecule has 1 fully saturated rings. The summed E-state index contributed by atoms with van der Waals surface area (Å²) in [6.07, 6.45) is 3.80. The molecule has 1 heterocycles. The number of nitrogens with zero attached hydrogens (tertiary/aromatic N) is 1. The van der Waals surface area contributed by atoms with E-state index >= 15 is 0 Å². The maximum atomic E-state index is 11.6. The topological polar surface area (TPSA) is 101 Å². The predicted molar refractivity (Wildman–Crippen MR) is 76.1 cm³/mol. The van der Waals surface area contributed by atoms with E-state index in [2.05, 4.69) is 15.6 Å². The fourth-order valence-electron chi connectivity index (χ4n) is 1.70. The van der Waals surface area contributed by atoms with E-state index in [-0.39, 0.29) is 12.5 Å². The van der Waals surface area contributed by atoms with Gasteiger partial charge >= 0.3 is 12.0 Å². The van der Waals surface area contributed by atoms with Crippen molar-refractivity contribution in [1.29, 1.82) is 0 Å². The first-order valence-corrected chi connectivity index (χ1v) is 6.93. The van der Waals surface area contributed by atoms with Crippen LogP contribution in [0.15, 0.2) is 18.3 Å². The highest BCUT2D eigenvalue weighted by atomic mass is 16.5. The van der Waals surface area contributed by atoms with Gasteiger partial charge in [0.25, 0.3) is 0 Å². The van der Waals surface area contributed by atoms with Gasteiger partial charge in [-0.1, -0.05) is 0 Å². The van der Waals surface area contributed by atoms with E-state index < -0.39 is 5.97 Å². The number of ether oxygens (including phenoxy) is 1. The van der Waals surface area contributed by atoms with Gasteiger partial charge in [-0.15, -0.1) is 0 Å². The third-order valence-corrected chi connectivity index (χ3v) is 3.00. The van der Waals surface area contributed by atoms with Crippen molar-refractivity contribution >= 4 is 17.7 Å². The number of rotatable bonds is 8. The van der Waals surface area contributed by atoms with Crippen LogP contribution in [-0.2, 0) is 16.0 Å². The standard InChI is InChI=1S/C14H19N3O4/c18-13(19)7-11-3-4-12(8-16-11)17-14(20)15-5-6-21-9-10-1-2-10/h3-4,8,10H,1-2,5-7,9H2,(H,18,19)(H2,15,17,20). The highest BCUT2D eigenvalue weighted by Gasteiger charge is 2.20. The van der Waals surface area contributed by atoms with Gasteiger partial charge in [-0.05, 0) is 30.9 Å². The highest BCUT2D eigenvalue weighted by molar-refractivity contribution is 5.89. The highest BCUT2D eigenvalue weighted by Crippen LogP contribution is 2.28. The van der Waals surface area contributed by atoms with Crippen LogP contribution >= 0.6 is 0 Å². The van der Waals surface area contributed by atoms with Gasteiger partial charge in [0.1, 0.15) is 0 Å². The molecule has 0 bridgehead atoms. The Hall–Kier alpha value is -2.15. The Kier molecular flexibility index (Phi) is 5.51. The van der Waals surface area contributed by atoms with Crippen LogP contribution in [0.2, 0.25) is 0 Å². The lowest BCUT2D eigenvalue weighted by Gasteiger charge is -2.08. The minimum atomic E-state index is -0.938. The van der Waals surface area contributed by atoms with E-state index in [0.717, 1.165) is 6.61 Å². The zero-order valence-electron chi connectivity index (χ0n) is 11.7. The van der Waals surface area contributed by atoms with Crippen LogP contribution in [0, 0.1) is 5.92 Å². The number of amides is 2. The summed E-state index contributed by atoms with van der Waals surface area (Å²) in [5, 5.41) is 13.9. The lowest BCUT2D eigenvalue weighted by atomic mass is 10.2. The number of hydrogen-bond acceptors (Lipinski definition) is 4. The Bertz CT molecular complexity index is 485. The van der Waals surface area contributed by atoms with Crippen LogP contribution < -0.4 is 10.6 Å². The molecule has 0 spiro atoms. The van der Waals surface area contributed by atoms with Gasteiger partial charge < -0.3 is 20.5 Å². The van der Waals surface area contributed by atoms with Crippen molar-refractivity contribution in [3.05, 3.63) is 24.0 Å². The molecule has 114 valence electrons. The molecule has 1 aromatic rings. The fraction of sp³-hybridized carbons (Fsp3) is 0.500. The van der Waals surface area contributed by atoms with Crippen LogP contribution in [0.5, 0.6) is 0 Å². The minimum absolute atomic E-state index is 0.134. The molecular formula is C14H19N3O4. The zero-order chi connectivity index (χ0) is 15.1. The quantitative estimate of drug-likeness (QED) is 0.626. The van der Waals surface area contributed by atoms with Crippen molar-refractivity contribution in [3.63, 3.8) is 0 Å².